The molecule has 96 valence electrons. The molecule has 3 heterocycles. The third-order valence-corrected chi connectivity index (χ3v) is 3.64. The maximum Gasteiger partial charge on any atom is 0.233 e. The predicted octanol–water partition coefficient (Wildman–Crippen LogP) is 0.934. The van der Waals surface area contributed by atoms with Gasteiger partial charge < -0.3 is 5.11 Å². The summed E-state index contributed by atoms with van der Waals surface area (Å²) in [5, 5.41) is 9.12. The van der Waals surface area contributed by atoms with Crippen LogP contribution in [0.3, 0.4) is 0 Å². The average molecular weight is 246 g/mol. The van der Waals surface area contributed by atoms with E-state index in [4.69, 9.17) is 5.11 Å². The van der Waals surface area contributed by atoms with Gasteiger partial charge in [0.05, 0.1) is 5.69 Å². The molecule has 1 aliphatic rings. The Balaban J connectivity index is 1.66. The summed E-state index contributed by atoms with van der Waals surface area (Å²) >= 11 is 0. The van der Waals surface area contributed by atoms with Gasteiger partial charge in [0.15, 0.2) is 0 Å². The molecule has 1 aliphatic heterocycles. The van der Waals surface area contributed by atoms with Crippen LogP contribution in [0.2, 0.25) is 0 Å². The summed E-state index contributed by atoms with van der Waals surface area (Å²) in [5.41, 5.74) is 1.07. The zero-order valence-corrected chi connectivity index (χ0v) is 10.4. The highest BCUT2D eigenvalue weighted by molar-refractivity contribution is 5.29. The molecule has 0 saturated carbocycles. The molecule has 1 fully saturated rings. The molecule has 0 aromatic carbocycles. The number of hydrogen-bond acceptors (Lipinski definition) is 4. The van der Waals surface area contributed by atoms with E-state index >= 15 is 0 Å². The van der Waals surface area contributed by atoms with Crippen LogP contribution in [0.1, 0.15) is 18.5 Å². The van der Waals surface area contributed by atoms with Crippen molar-refractivity contribution in [3.8, 4) is 0 Å². The Morgan fingerprint density at radius 3 is 2.89 bits per heavy atom. The summed E-state index contributed by atoms with van der Waals surface area (Å²) in [6, 6.07) is 1.91. The van der Waals surface area contributed by atoms with Gasteiger partial charge in [0.25, 0.3) is 0 Å². The van der Waals surface area contributed by atoms with Crippen LogP contribution in [-0.4, -0.2) is 44.1 Å². The number of hydrogen-bond donors (Lipinski definition) is 1. The first-order chi connectivity index (χ1) is 8.85. The fourth-order valence-corrected chi connectivity index (χ4v) is 2.51. The number of rotatable bonds is 3. The van der Waals surface area contributed by atoms with Gasteiger partial charge in [-0.2, -0.15) is 0 Å². The summed E-state index contributed by atoms with van der Waals surface area (Å²) in [7, 11) is 0. The first kappa shape index (κ1) is 11.6. The highest BCUT2D eigenvalue weighted by Gasteiger charge is 2.19. The summed E-state index contributed by atoms with van der Waals surface area (Å²) in [4.78, 5) is 11.1. The molecule has 0 spiro atoms. The summed E-state index contributed by atoms with van der Waals surface area (Å²) in [6.07, 6.45) is 7.94. The van der Waals surface area contributed by atoms with Crippen LogP contribution in [-0.2, 0) is 6.54 Å². The molecule has 5 heteroatoms. The van der Waals surface area contributed by atoms with Crippen molar-refractivity contribution in [3.63, 3.8) is 0 Å². The smallest absolute Gasteiger partial charge is 0.233 e. The van der Waals surface area contributed by atoms with E-state index < -0.39 is 0 Å². The minimum Gasteiger partial charge on any atom is -0.396 e. The van der Waals surface area contributed by atoms with Gasteiger partial charge in [-0.05, 0) is 37.9 Å². The Hall–Kier alpha value is -1.46. The van der Waals surface area contributed by atoms with Gasteiger partial charge in [0.2, 0.25) is 5.78 Å². The zero-order valence-electron chi connectivity index (χ0n) is 10.4. The summed E-state index contributed by atoms with van der Waals surface area (Å²) < 4.78 is 1.95. The van der Waals surface area contributed by atoms with Gasteiger partial charge in [-0.15, -0.1) is 0 Å². The fraction of sp³-hybridized carbons (Fsp3) is 0.538. The first-order valence-electron chi connectivity index (χ1n) is 6.47. The van der Waals surface area contributed by atoms with Crippen LogP contribution in [0.25, 0.3) is 5.78 Å². The average Bonchev–Trinajstić information content (AvgIpc) is 2.82. The topological polar surface area (TPSA) is 53.7 Å². The third-order valence-electron chi connectivity index (χ3n) is 3.64. The second-order valence-electron chi connectivity index (χ2n) is 4.96. The summed E-state index contributed by atoms with van der Waals surface area (Å²) in [5.74, 6) is 1.25. The van der Waals surface area contributed by atoms with Gasteiger partial charge in [0, 0.05) is 31.7 Å². The number of piperidine rings is 1. The Morgan fingerprint density at radius 1 is 1.33 bits per heavy atom. The van der Waals surface area contributed by atoms with Crippen molar-refractivity contribution < 1.29 is 5.11 Å². The highest BCUT2D eigenvalue weighted by Crippen LogP contribution is 2.18. The van der Waals surface area contributed by atoms with E-state index in [1.54, 1.807) is 6.20 Å². The number of likely N-dealkylation sites (tertiary alicyclic amines) is 1. The SMILES string of the molecule is OCC1CCN(Cc2cn3cccnc3n2)CC1. The molecule has 0 aliphatic carbocycles. The lowest BCUT2D eigenvalue weighted by molar-refractivity contribution is 0.126. The van der Waals surface area contributed by atoms with Gasteiger partial charge >= 0.3 is 0 Å². The van der Waals surface area contributed by atoms with Crippen molar-refractivity contribution in [2.45, 2.75) is 19.4 Å². The van der Waals surface area contributed by atoms with Crippen molar-refractivity contribution in [3.05, 3.63) is 30.4 Å². The zero-order chi connectivity index (χ0) is 12.4. The molecule has 0 bridgehead atoms. The molecule has 0 unspecified atom stereocenters. The lowest BCUT2D eigenvalue weighted by Crippen LogP contribution is -2.34. The molecular weight excluding hydrogens is 228 g/mol. The van der Waals surface area contributed by atoms with Crippen LogP contribution in [0.15, 0.2) is 24.7 Å². The van der Waals surface area contributed by atoms with Crippen LogP contribution >= 0.6 is 0 Å². The Kier molecular flexibility index (Phi) is 3.25. The predicted molar refractivity (Wildman–Crippen MR) is 68.1 cm³/mol. The van der Waals surface area contributed by atoms with Gasteiger partial charge in [-0.3, -0.25) is 9.30 Å². The maximum absolute atomic E-state index is 9.12. The monoisotopic (exact) mass is 246 g/mol. The third kappa shape index (κ3) is 2.37. The van der Waals surface area contributed by atoms with E-state index in [1.165, 1.54) is 0 Å². The Morgan fingerprint density at radius 2 is 2.17 bits per heavy atom. The molecule has 1 saturated heterocycles. The molecule has 2 aromatic rings. The number of imidazole rings is 1. The number of aromatic nitrogens is 3. The van der Waals surface area contributed by atoms with Crippen LogP contribution < -0.4 is 0 Å². The van der Waals surface area contributed by atoms with Crippen molar-refractivity contribution in [1.82, 2.24) is 19.3 Å². The molecule has 0 atom stereocenters. The minimum atomic E-state index is 0.326. The van der Waals surface area contributed by atoms with E-state index in [0.29, 0.717) is 12.5 Å². The van der Waals surface area contributed by atoms with E-state index in [2.05, 4.69) is 14.9 Å². The standard InChI is InChI=1S/C13H18N4O/c18-10-11-2-6-16(7-3-11)8-12-9-17-5-1-4-14-13(17)15-12/h1,4-5,9,11,18H,2-3,6-8,10H2. The van der Waals surface area contributed by atoms with Gasteiger partial charge in [0.1, 0.15) is 0 Å². The van der Waals surface area contributed by atoms with Crippen LogP contribution in [0.5, 0.6) is 0 Å². The molecular formula is C13H18N4O. The molecule has 3 rings (SSSR count). The van der Waals surface area contributed by atoms with E-state index in [-0.39, 0.29) is 0 Å². The van der Waals surface area contributed by atoms with Crippen LogP contribution in [0.4, 0.5) is 0 Å². The number of aliphatic hydroxyl groups excluding tert-OH is 1. The molecule has 18 heavy (non-hydrogen) atoms. The first-order valence-corrected chi connectivity index (χ1v) is 6.47. The van der Waals surface area contributed by atoms with E-state index in [0.717, 1.165) is 43.9 Å². The number of aliphatic hydroxyl groups is 1. The molecule has 2 aromatic heterocycles. The molecule has 0 amide bonds. The highest BCUT2D eigenvalue weighted by atomic mass is 16.3. The van der Waals surface area contributed by atoms with Crippen molar-refractivity contribution in [2.24, 2.45) is 5.92 Å². The Labute approximate surface area is 106 Å². The van der Waals surface area contributed by atoms with Gasteiger partial charge in [-0.1, -0.05) is 0 Å². The van der Waals surface area contributed by atoms with Crippen molar-refractivity contribution >= 4 is 5.78 Å². The fourth-order valence-electron chi connectivity index (χ4n) is 2.51. The maximum atomic E-state index is 9.12. The Bertz CT molecular complexity index is 483. The second kappa shape index (κ2) is 5.04. The minimum absolute atomic E-state index is 0.326. The summed E-state index contributed by atoms with van der Waals surface area (Å²) in [6.45, 7) is 3.30. The number of nitrogens with zero attached hydrogens (tertiary/aromatic N) is 4. The van der Waals surface area contributed by atoms with E-state index in [1.807, 2.05) is 22.9 Å². The number of fused-ring (bicyclic) bond motifs is 1. The second-order valence-corrected chi connectivity index (χ2v) is 4.96. The molecule has 5 nitrogen and oxygen atoms in total. The van der Waals surface area contributed by atoms with E-state index in [9.17, 15) is 0 Å². The quantitative estimate of drug-likeness (QED) is 0.875. The van der Waals surface area contributed by atoms with Crippen LogP contribution in [0, 0.1) is 5.92 Å². The lowest BCUT2D eigenvalue weighted by atomic mass is 9.98. The lowest BCUT2D eigenvalue weighted by Gasteiger charge is -2.30. The molecule has 1 N–H and O–H groups in total. The van der Waals surface area contributed by atoms with Gasteiger partial charge in [-0.25, -0.2) is 9.97 Å². The molecule has 0 radical (unpaired) electrons. The normalized spacial score (nSPS) is 18.5. The largest absolute Gasteiger partial charge is 0.396 e. The van der Waals surface area contributed by atoms with Crippen molar-refractivity contribution in [2.75, 3.05) is 19.7 Å². The van der Waals surface area contributed by atoms with Crippen molar-refractivity contribution in [1.29, 1.82) is 0 Å².